The van der Waals surface area contributed by atoms with Gasteiger partial charge in [-0.3, -0.25) is 10.2 Å². The molecular weight excluding hydrogens is 312 g/mol. The number of benzene rings is 1. The number of carbonyl (C=O) groups is 1. The second-order valence-corrected chi connectivity index (χ2v) is 6.48. The van der Waals surface area contributed by atoms with Crippen LogP contribution in [0.1, 0.15) is 33.8 Å². The predicted octanol–water partition coefficient (Wildman–Crippen LogP) is 2.38. The number of rotatable bonds is 5. The predicted molar refractivity (Wildman–Crippen MR) is 86.9 cm³/mol. The number of nitrogen functional groups attached to an aromatic ring is 1. The summed E-state index contributed by atoms with van der Waals surface area (Å²) in [6.07, 6.45) is 2.40. The molecule has 1 heterocycles. The highest BCUT2D eigenvalue weighted by Gasteiger charge is 2.22. The molecule has 0 aliphatic heterocycles. The Morgan fingerprint density at radius 1 is 1.57 bits per heavy atom. The van der Waals surface area contributed by atoms with Crippen molar-refractivity contribution in [1.82, 2.24) is 10.4 Å². The van der Waals surface area contributed by atoms with Crippen molar-refractivity contribution < 1.29 is 9.53 Å². The number of aromatic nitrogens is 1. The van der Waals surface area contributed by atoms with Crippen LogP contribution in [0, 0.1) is 24.2 Å². The molecule has 118 valence electrons. The van der Waals surface area contributed by atoms with Crippen molar-refractivity contribution in [1.29, 1.82) is 5.26 Å². The number of thiazole rings is 1. The first-order chi connectivity index (χ1) is 11.1. The molecule has 1 aliphatic rings. The third kappa shape index (κ3) is 3.33. The van der Waals surface area contributed by atoms with Gasteiger partial charge in [-0.25, -0.2) is 10.8 Å². The molecule has 0 radical (unpaired) electrons. The molecule has 6 nitrogen and oxygen atoms in total. The quantitative estimate of drug-likeness (QED) is 0.498. The van der Waals surface area contributed by atoms with Gasteiger partial charge >= 0.3 is 0 Å². The number of nitrogens with one attached hydrogen (secondary N) is 1. The van der Waals surface area contributed by atoms with Gasteiger partial charge in [-0.05, 0) is 43.9 Å². The fourth-order valence-electron chi connectivity index (χ4n) is 2.16. The number of hydrogen-bond donors (Lipinski definition) is 2. The molecule has 0 unspecified atom stereocenters. The first-order valence-electron chi connectivity index (χ1n) is 7.28. The van der Waals surface area contributed by atoms with Crippen LogP contribution in [0.15, 0.2) is 18.2 Å². The Bertz CT molecular complexity index is 790. The monoisotopic (exact) mass is 328 g/mol. The van der Waals surface area contributed by atoms with E-state index in [1.54, 1.807) is 19.1 Å². The normalized spacial score (nSPS) is 13.4. The molecule has 0 bridgehead atoms. The van der Waals surface area contributed by atoms with E-state index in [-0.39, 0.29) is 5.91 Å². The van der Waals surface area contributed by atoms with Crippen LogP contribution in [0.4, 0.5) is 0 Å². The molecule has 7 heteroatoms. The van der Waals surface area contributed by atoms with Crippen LogP contribution >= 0.6 is 11.3 Å². The Labute approximate surface area is 137 Å². The molecule has 1 amide bonds. The van der Waals surface area contributed by atoms with E-state index in [2.05, 4.69) is 16.5 Å². The van der Waals surface area contributed by atoms with E-state index in [1.165, 1.54) is 24.2 Å². The molecule has 3 rings (SSSR count). The number of nitriles is 1. The van der Waals surface area contributed by atoms with Crippen LogP contribution in [-0.4, -0.2) is 17.5 Å². The van der Waals surface area contributed by atoms with E-state index in [0.717, 1.165) is 5.56 Å². The number of ether oxygens (including phenoxy) is 1. The zero-order chi connectivity index (χ0) is 16.4. The summed E-state index contributed by atoms with van der Waals surface area (Å²) >= 11 is 1.25. The molecule has 1 saturated carbocycles. The standard InChI is InChI=1S/C16H16N4O2S/c1-9-14(15(21)20-18)23-16(19-9)11-4-5-13(12(6-11)7-17)22-8-10-2-3-10/h4-6,10H,2-3,8,18H2,1H3,(H,20,21). The smallest absolute Gasteiger partial charge is 0.277 e. The maximum absolute atomic E-state index is 11.7. The van der Waals surface area contributed by atoms with Crippen LogP contribution in [-0.2, 0) is 0 Å². The molecule has 1 aromatic heterocycles. The number of hydrogen-bond acceptors (Lipinski definition) is 6. The van der Waals surface area contributed by atoms with E-state index >= 15 is 0 Å². The lowest BCUT2D eigenvalue weighted by Crippen LogP contribution is -2.29. The van der Waals surface area contributed by atoms with Crippen LogP contribution < -0.4 is 16.0 Å². The topological polar surface area (TPSA) is 101 Å². The van der Waals surface area contributed by atoms with Crippen LogP contribution in [0.5, 0.6) is 5.75 Å². The lowest BCUT2D eigenvalue weighted by Gasteiger charge is -2.08. The fourth-order valence-corrected chi connectivity index (χ4v) is 3.13. The molecule has 1 aliphatic carbocycles. The van der Waals surface area contributed by atoms with Gasteiger partial charge in [0.05, 0.1) is 17.9 Å². The summed E-state index contributed by atoms with van der Waals surface area (Å²) in [6, 6.07) is 7.54. The van der Waals surface area contributed by atoms with Gasteiger partial charge in [0, 0.05) is 5.56 Å². The molecule has 3 N–H and O–H groups in total. The van der Waals surface area contributed by atoms with E-state index in [9.17, 15) is 10.1 Å². The zero-order valence-corrected chi connectivity index (χ0v) is 13.4. The van der Waals surface area contributed by atoms with Gasteiger partial charge in [0.2, 0.25) is 0 Å². The maximum Gasteiger partial charge on any atom is 0.277 e. The number of aryl methyl sites for hydroxylation is 1. The average molecular weight is 328 g/mol. The largest absolute Gasteiger partial charge is 0.492 e. The molecule has 0 spiro atoms. The van der Waals surface area contributed by atoms with Crippen molar-refractivity contribution in [3.8, 4) is 22.4 Å². The van der Waals surface area contributed by atoms with E-state index < -0.39 is 0 Å². The first-order valence-corrected chi connectivity index (χ1v) is 8.09. The van der Waals surface area contributed by atoms with Gasteiger partial charge in [-0.2, -0.15) is 5.26 Å². The van der Waals surface area contributed by atoms with Crippen molar-refractivity contribution in [2.45, 2.75) is 19.8 Å². The highest BCUT2D eigenvalue weighted by Crippen LogP contribution is 2.33. The SMILES string of the molecule is Cc1nc(-c2ccc(OCC3CC3)c(C#N)c2)sc1C(=O)NN. The third-order valence-corrected chi connectivity index (χ3v) is 4.86. The van der Waals surface area contributed by atoms with Gasteiger partial charge < -0.3 is 4.74 Å². The molecule has 0 saturated heterocycles. The van der Waals surface area contributed by atoms with Crippen molar-refractivity contribution >= 4 is 17.2 Å². The summed E-state index contributed by atoms with van der Waals surface area (Å²) in [6.45, 7) is 2.41. The Kier molecular flexibility index (Phi) is 4.28. The molecule has 1 aromatic carbocycles. The summed E-state index contributed by atoms with van der Waals surface area (Å²) < 4.78 is 5.71. The minimum absolute atomic E-state index is 0.365. The third-order valence-electron chi connectivity index (χ3n) is 3.65. The van der Waals surface area contributed by atoms with E-state index in [1.807, 2.05) is 6.07 Å². The average Bonchev–Trinajstić information content (AvgIpc) is 3.32. The lowest BCUT2D eigenvalue weighted by atomic mass is 10.1. The molecule has 2 aromatic rings. The van der Waals surface area contributed by atoms with Crippen molar-refractivity contribution in [3.05, 3.63) is 34.3 Å². The van der Waals surface area contributed by atoms with Crippen molar-refractivity contribution in [3.63, 3.8) is 0 Å². The molecular formula is C16H16N4O2S. The summed E-state index contributed by atoms with van der Waals surface area (Å²) in [5.41, 5.74) is 3.98. The Morgan fingerprint density at radius 3 is 3.00 bits per heavy atom. The second kappa shape index (κ2) is 6.36. The fraction of sp³-hybridized carbons (Fsp3) is 0.312. The number of amides is 1. The molecule has 1 fully saturated rings. The van der Waals surface area contributed by atoms with Crippen LogP contribution in [0.25, 0.3) is 10.6 Å². The number of nitrogens with two attached hydrogens (primary N) is 1. The van der Waals surface area contributed by atoms with Gasteiger partial charge in [0.25, 0.3) is 5.91 Å². The number of hydrazine groups is 1. The maximum atomic E-state index is 11.7. The summed E-state index contributed by atoms with van der Waals surface area (Å²) in [5.74, 6) is 6.02. The molecule has 0 atom stereocenters. The minimum atomic E-state index is -0.365. The lowest BCUT2D eigenvalue weighted by molar-refractivity contribution is 0.0957. The van der Waals surface area contributed by atoms with Crippen LogP contribution in [0.3, 0.4) is 0 Å². The van der Waals surface area contributed by atoms with Crippen LogP contribution in [0.2, 0.25) is 0 Å². The summed E-state index contributed by atoms with van der Waals surface area (Å²) in [7, 11) is 0. The van der Waals surface area contributed by atoms with Crippen molar-refractivity contribution in [2.75, 3.05) is 6.61 Å². The molecule has 23 heavy (non-hydrogen) atoms. The summed E-state index contributed by atoms with van der Waals surface area (Å²) in [5, 5.41) is 10.0. The van der Waals surface area contributed by atoms with Gasteiger partial charge in [0.1, 0.15) is 21.7 Å². The van der Waals surface area contributed by atoms with Crippen molar-refractivity contribution in [2.24, 2.45) is 11.8 Å². The zero-order valence-electron chi connectivity index (χ0n) is 12.6. The van der Waals surface area contributed by atoms with Gasteiger partial charge in [-0.1, -0.05) is 0 Å². The van der Waals surface area contributed by atoms with E-state index in [4.69, 9.17) is 10.6 Å². The Hall–Kier alpha value is -2.43. The first kappa shape index (κ1) is 15.5. The van der Waals surface area contributed by atoms with E-state index in [0.29, 0.717) is 39.4 Å². The van der Waals surface area contributed by atoms with Gasteiger partial charge in [-0.15, -0.1) is 11.3 Å². The summed E-state index contributed by atoms with van der Waals surface area (Å²) in [4.78, 5) is 16.5. The number of carbonyl (C=O) groups excluding carboxylic acids is 1. The second-order valence-electron chi connectivity index (χ2n) is 5.48. The Balaban J connectivity index is 1.88. The number of nitrogens with zero attached hydrogens (tertiary/aromatic N) is 2. The van der Waals surface area contributed by atoms with Gasteiger partial charge in [0.15, 0.2) is 0 Å². The Morgan fingerprint density at radius 2 is 2.35 bits per heavy atom. The minimum Gasteiger partial charge on any atom is -0.492 e. The highest BCUT2D eigenvalue weighted by atomic mass is 32.1. The highest BCUT2D eigenvalue weighted by molar-refractivity contribution is 7.17.